The van der Waals surface area contributed by atoms with Gasteiger partial charge < -0.3 is 9.64 Å². The summed E-state index contributed by atoms with van der Waals surface area (Å²) in [6.07, 6.45) is 0. The average Bonchev–Trinajstić information content (AvgIpc) is 3.71. The van der Waals surface area contributed by atoms with Crippen molar-refractivity contribution in [2.75, 3.05) is 0 Å². The number of thioether (sulfide) groups is 1. The van der Waals surface area contributed by atoms with Crippen LogP contribution in [0.15, 0.2) is 146 Å². The molecule has 8 rings (SSSR count). The van der Waals surface area contributed by atoms with Gasteiger partial charge in [0.15, 0.2) is 5.82 Å². The standard InChI is InChI=1S/C41H38N6O2S/c1-40(2)36(37-43-44-45-46(37)27-29-23-25-34(26-24-29)49-28-30-15-7-3-8-16-30)47-38(48)35(39(47)50-40)42-41(31-17-9-4-10-18-31,32-19-11-5-12-20-32)33-21-13-6-14-22-33/h3-26,35-36,39,42H,27-28H2,1-2H3/t35?,36?,39-/m1/s1. The van der Waals surface area contributed by atoms with E-state index < -0.39 is 11.6 Å². The number of amides is 1. The van der Waals surface area contributed by atoms with Crippen molar-refractivity contribution >= 4 is 17.7 Å². The van der Waals surface area contributed by atoms with Crippen LogP contribution in [0.4, 0.5) is 0 Å². The number of rotatable bonds is 11. The maximum absolute atomic E-state index is 14.4. The zero-order valence-electron chi connectivity index (χ0n) is 28.0. The van der Waals surface area contributed by atoms with E-state index in [0.717, 1.165) is 33.6 Å². The number of benzene rings is 5. The molecule has 2 saturated heterocycles. The van der Waals surface area contributed by atoms with Crippen LogP contribution >= 0.6 is 11.8 Å². The molecule has 50 heavy (non-hydrogen) atoms. The fourth-order valence-corrected chi connectivity index (χ4v) is 8.97. The van der Waals surface area contributed by atoms with Crippen LogP contribution in [0.5, 0.6) is 5.75 Å². The van der Waals surface area contributed by atoms with Gasteiger partial charge in [0.05, 0.1) is 12.1 Å². The molecule has 250 valence electrons. The molecule has 6 aromatic rings. The van der Waals surface area contributed by atoms with E-state index in [1.807, 2.05) is 82.4 Å². The zero-order chi connectivity index (χ0) is 34.1. The predicted octanol–water partition coefficient (Wildman–Crippen LogP) is 6.99. The third-order valence-corrected chi connectivity index (χ3v) is 11.3. The summed E-state index contributed by atoms with van der Waals surface area (Å²) in [7, 11) is 0. The van der Waals surface area contributed by atoms with E-state index in [-0.39, 0.29) is 22.1 Å². The van der Waals surface area contributed by atoms with Gasteiger partial charge in [0.2, 0.25) is 5.91 Å². The van der Waals surface area contributed by atoms with Crippen LogP contribution in [0, 0.1) is 0 Å². The van der Waals surface area contributed by atoms with Crippen LogP contribution in [-0.4, -0.2) is 47.2 Å². The SMILES string of the molecule is CC1(C)S[C@@H]2C(NC(c3ccccc3)(c3ccccc3)c3ccccc3)C(=O)N2C1c1nnnn1Cc1ccc(OCc2ccccc2)cc1. The fraction of sp³-hybridized carbons (Fsp3) is 0.220. The molecule has 2 unspecified atom stereocenters. The second-order valence-corrected chi connectivity index (χ2v) is 15.1. The molecule has 9 heteroatoms. The number of nitrogens with zero attached hydrogens (tertiary/aromatic N) is 5. The number of aromatic nitrogens is 4. The molecule has 0 spiro atoms. The van der Waals surface area contributed by atoms with Gasteiger partial charge in [-0.25, -0.2) is 4.68 Å². The maximum Gasteiger partial charge on any atom is 0.244 e. The van der Waals surface area contributed by atoms with Crippen LogP contribution < -0.4 is 10.1 Å². The lowest BCUT2D eigenvalue weighted by molar-refractivity contribution is -0.150. The highest BCUT2D eigenvalue weighted by atomic mass is 32.2. The summed E-state index contributed by atoms with van der Waals surface area (Å²) in [5.74, 6) is 1.52. The number of β-lactam (4-membered cyclic amide) rings is 1. The minimum absolute atomic E-state index is 0.0414. The van der Waals surface area contributed by atoms with Crippen LogP contribution in [0.1, 0.15) is 53.5 Å². The number of hydrogen-bond donors (Lipinski definition) is 1. The van der Waals surface area contributed by atoms with Gasteiger partial charge in [-0.15, -0.1) is 16.9 Å². The molecule has 0 bridgehead atoms. The lowest BCUT2D eigenvalue weighted by atomic mass is 9.76. The average molecular weight is 679 g/mol. The summed E-state index contributed by atoms with van der Waals surface area (Å²) < 4.78 is 7.47. The molecular weight excluding hydrogens is 641 g/mol. The van der Waals surface area contributed by atoms with E-state index in [9.17, 15) is 4.79 Å². The molecule has 2 fully saturated rings. The van der Waals surface area contributed by atoms with Crippen LogP contribution in [0.25, 0.3) is 0 Å². The molecule has 5 aromatic carbocycles. The summed E-state index contributed by atoms with van der Waals surface area (Å²) in [4.78, 5) is 16.4. The quantitative estimate of drug-likeness (QED) is 0.117. The molecule has 1 N–H and O–H groups in total. The first-order valence-corrected chi connectivity index (χ1v) is 17.8. The van der Waals surface area contributed by atoms with E-state index in [1.165, 1.54) is 0 Å². The van der Waals surface area contributed by atoms with E-state index in [4.69, 9.17) is 4.74 Å². The monoisotopic (exact) mass is 678 g/mol. The van der Waals surface area contributed by atoms with Gasteiger partial charge in [0.25, 0.3) is 0 Å². The van der Waals surface area contributed by atoms with Gasteiger partial charge in [-0.2, -0.15) is 0 Å². The van der Waals surface area contributed by atoms with Crippen LogP contribution in [0.2, 0.25) is 0 Å². The second-order valence-electron chi connectivity index (χ2n) is 13.3. The number of ether oxygens (including phenoxy) is 1. The first-order valence-electron chi connectivity index (χ1n) is 16.9. The molecule has 0 aliphatic carbocycles. The van der Waals surface area contributed by atoms with Crippen molar-refractivity contribution in [1.82, 2.24) is 30.4 Å². The molecule has 8 nitrogen and oxygen atoms in total. The summed E-state index contributed by atoms with van der Waals surface area (Å²) in [6.45, 7) is 5.35. The fourth-order valence-electron chi connectivity index (χ4n) is 7.34. The number of hydrogen-bond acceptors (Lipinski definition) is 7. The molecule has 3 heterocycles. The number of carbonyl (C=O) groups is 1. The van der Waals surface area contributed by atoms with Crippen molar-refractivity contribution < 1.29 is 9.53 Å². The topological polar surface area (TPSA) is 85.2 Å². The van der Waals surface area contributed by atoms with Gasteiger partial charge >= 0.3 is 0 Å². The number of nitrogens with one attached hydrogen (secondary N) is 1. The van der Waals surface area contributed by atoms with Crippen molar-refractivity contribution in [1.29, 1.82) is 0 Å². The molecular formula is C41H38N6O2S. The molecule has 1 amide bonds. The van der Waals surface area contributed by atoms with Crippen molar-refractivity contribution in [3.05, 3.63) is 179 Å². The Morgan fingerprint density at radius 3 is 1.84 bits per heavy atom. The van der Waals surface area contributed by atoms with Gasteiger partial charge in [-0.05, 0) is 64.2 Å². The molecule has 0 radical (unpaired) electrons. The Kier molecular flexibility index (Phi) is 8.46. The van der Waals surface area contributed by atoms with Gasteiger partial charge in [-0.3, -0.25) is 10.1 Å². The predicted molar refractivity (Wildman–Crippen MR) is 195 cm³/mol. The largest absolute Gasteiger partial charge is 0.489 e. The van der Waals surface area contributed by atoms with Crippen LogP contribution in [0.3, 0.4) is 0 Å². The summed E-state index contributed by atoms with van der Waals surface area (Å²) in [5.41, 5.74) is 4.62. The Morgan fingerprint density at radius 2 is 1.28 bits per heavy atom. The highest BCUT2D eigenvalue weighted by molar-refractivity contribution is 8.01. The normalized spacial score (nSPS) is 19.5. The Bertz CT molecular complexity index is 1960. The highest BCUT2D eigenvalue weighted by Gasteiger charge is 2.64. The Hall–Kier alpha value is -5.25. The molecule has 2 aliphatic heterocycles. The van der Waals surface area contributed by atoms with E-state index in [2.05, 4.69) is 107 Å². The first kappa shape index (κ1) is 32.0. The van der Waals surface area contributed by atoms with Gasteiger partial charge in [0, 0.05) is 4.75 Å². The lowest BCUT2D eigenvalue weighted by Crippen LogP contribution is -2.70. The van der Waals surface area contributed by atoms with Crippen LogP contribution in [-0.2, 0) is 23.5 Å². The molecule has 0 saturated carbocycles. The first-order chi connectivity index (χ1) is 24.4. The minimum atomic E-state index is -0.752. The number of carbonyl (C=O) groups excluding carboxylic acids is 1. The Morgan fingerprint density at radius 1 is 0.740 bits per heavy atom. The summed E-state index contributed by atoms with van der Waals surface area (Å²) in [6, 6.07) is 48.6. The maximum atomic E-state index is 14.4. The Labute approximate surface area is 296 Å². The highest BCUT2D eigenvalue weighted by Crippen LogP contribution is 2.57. The van der Waals surface area contributed by atoms with E-state index in [1.54, 1.807) is 11.8 Å². The third-order valence-electron chi connectivity index (χ3n) is 9.74. The minimum Gasteiger partial charge on any atom is -0.489 e. The number of fused-ring (bicyclic) bond motifs is 1. The van der Waals surface area contributed by atoms with Gasteiger partial charge in [0.1, 0.15) is 29.8 Å². The molecule has 1 aromatic heterocycles. The second kappa shape index (κ2) is 13.2. The third kappa shape index (κ3) is 5.76. The Balaban J connectivity index is 1.06. The van der Waals surface area contributed by atoms with Crippen molar-refractivity contribution in [3.63, 3.8) is 0 Å². The zero-order valence-corrected chi connectivity index (χ0v) is 28.8. The van der Waals surface area contributed by atoms with Crippen molar-refractivity contribution in [2.24, 2.45) is 0 Å². The number of tetrazole rings is 1. The van der Waals surface area contributed by atoms with Gasteiger partial charge in [-0.1, -0.05) is 133 Å². The smallest absolute Gasteiger partial charge is 0.244 e. The van der Waals surface area contributed by atoms with Crippen molar-refractivity contribution in [3.8, 4) is 5.75 Å². The van der Waals surface area contributed by atoms with E-state index in [0.29, 0.717) is 19.0 Å². The molecule has 2 aliphatic rings. The van der Waals surface area contributed by atoms with Crippen molar-refractivity contribution in [2.45, 2.75) is 54.7 Å². The van der Waals surface area contributed by atoms with E-state index >= 15 is 0 Å². The summed E-state index contributed by atoms with van der Waals surface area (Å²) >= 11 is 1.80. The summed E-state index contributed by atoms with van der Waals surface area (Å²) in [5, 5.41) is 16.8. The molecule has 3 atom stereocenters. The lowest BCUT2D eigenvalue weighted by Gasteiger charge is -2.49.